The van der Waals surface area contributed by atoms with Crippen molar-refractivity contribution in [1.29, 1.82) is 0 Å². The summed E-state index contributed by atoms with van der Waals surface area (Å²) in [6, 6.07) is 10.3. The van der Waals surface area contributed by atoms with E-state index in [2.05, 4.69) is 22.0 Å². The van der Waals surface area contributed by atoms with Crippen molar-refractivity contribution >= 4 is 10.9 Å². The topological polar surface area (TPSA) is 39.3 Å². The van der Waals surface area contributed by atoms with Gasteiger partial charge in [0.1, 0.15) is 5.60 Å². The van der Waals surface area contributed by atoms with E-state index in [0.29, 0.717) is 0 Å². The van der Waals surface area contributed by atoms with Gasteiger partial charge in [-0.2, -0.15) is 0 Å². The van der Waals surface area contributed by atoms with Gasteiger partial charge in [0.25, 0.3) is 6.43 Å². The first kappa shape index (κ1) is 13.2. The molecular formula is C16H18F2N2O. The van der Waals surface area contributed by atoms with Gasteiger partial charge in [-0.15, -0.1) is 0 Å². The molecule has 1 saturated carbocycles. The Hall–Kier alpha value is -1.46. The summed E-state index contributed by atoms with van der Waals surface area (Å²) in [6.45, 7) is 2.42. The molecule has 1 saturated heterocycles. The standard InChI is InChI=1S/C16H18F2N2O/c17-14(18)16(21)7-15(8-16)9-20(10-15)6-12-5-11-3-1-2-4-13(11)19-12/h1-5,14,19,21H,6-10H2. The lowest BCUT2D eigenvalue weighted by atomic mass is 9.55. The maximum absolute atomic E-state index is 12.7. The van der Waals surface area contributed by atoms with E-state index >= 15 is 0 Å². The predicted octanol–water partition coefficient (Wildman–Crippen LogP) is 2.76. The van der Waals surface area contributed by atoms with Gasteiger partial charge in [-0.25, -0.2) is 8.78 Å². The lowest BCUT2D eigenvalue weighted by Crippen LogP contribution is -2.69. The number of para-hydroxylation sites is 1. The summed E-state index contributed by atoms with van der Waals surface area (Å²) in [5, 5.41) is 10.9. The van der Waals surface area contributed by atoms with Gasteiger partial charge in [0.05, 0.1) is 0 Å². The molecule has 4 rings (SSSR count). The molecule has 0 unspecified atom stereocenters. The Labute approximate surface area is 121 Å². The van der Waals surface area contributed by atoms with Crippen LogP contribution in [0.1, 0.15) is 18.5 Å². The maximum Gasteiger partial charge on any atom is 0.266 e. The zero-order valence-corrected chi connectivity index (χ0v) is 11.6. The van der Waals surface area contributed by atoms with E-state index in [1.54, 1.807) is 0 Å². The average molecular weight is 292 g/mol. The number of fused-ring (bicyclic) bond motifs is 1. The molecule has 2 aliphatic rings. The SMILES string of the molecule is OC1(C(F)F)CC2(CN(Cc3cc4ccccc4[nH]3)C2)C1. The fourth-order valence-corrected chi connectivity index (χ4v) is 4.10. The van der Waals surface area contributed by atoms with Crippen molar-refractivity contribution in [2.24, 2.45) is 5.41 Å². The first-order valence-electron chi connectivity index (χ1n) is 7.28. The lowest BCUT2D eigenvalue weighted by Gasteiger charge is -2.62. The summed E-state index contributed by atoms with van der Waals surface area (Å²) in [6.07, 6.45) is -2.15. The van der Waals surface area contributed by atoms with Crippen LogP contribution in [0.15, 0.2) is 30.3 Å². The Morgan fingerprint density at radius 2 is 1.95 bits per heavy atom. The van der Waals surface area contributed by atoms with Crippen molar-refractivity contribution < 1.29 is 13.9 Å². The molecule has 3 nitrogen and oxygen atoms in total. The molecule has 1 spiro atoms. The number of rotatable bonds is 3. The fourth-order valence-electron chi connectivity index (χ4n) is 4.10. The quantitative estimate of drug-likeness (QED) is 0.913. The monoisotopic (exact) mass is 292 g/mol. The van der Waals surface area contributed by atoms with Crippen molar-refractivity contribution in [3.05, 3.63) is 36.0 Å². The highest BCUT2D eigenvalue weighted by Crippen LogP contribution is 2.56. The van der Waals surface area contributed by atoms with E-state index in [9.17, 15) is 13.9 Å². The molecule has 5 heteroatoms. The fraction of sp³-hybridized carbons (Fsp3) is 0.500. The third-order valence-electron chi connectivity index (χ3n) is 4.87. The molecule has 2 N–H and O–H groups in total. The molecule has 1 aliphatic heterocycles. The van der Waals surface area contributed by atoms with Gasteiger partial charge in [-0.3, -0.25) is 4.90 Å². The molecule has 0 bridgehead atoms. The number of H-pyrrole nitrogens is 1. The zero-order chi connectivity index (χ0) is 14.7. The van der Waals surface area contributed by atoms with Crippen molar-refractivity contribution in [2.45, 2.75) is 31.4 Å². The first-order chi connectivity index (χ1) is 9.98. The molecule has 1 aliphatic carbocycles. The van der Waals surface area contributed by atoms with E-state index in [-0.39, 0.29) is 18.3 Å². The second kappa shape index (κ2) is 4.27. The average Bonchev–Trinajstić information content (AvgIpc) is 2.76. The van der Waals surface area contributed by atoms with Crippen molar-refractivity contribution in [1.82, 2.24) is 9.88 Å². The van der Waals surface area contributed by atoms with Gasteiger partial charge < -0.3 is 10.1 Å². The van der Waals surface area contributed by atoms with Gasteiger partial charge in [0.2, 0.25) is 0 Å². The minimum absolute atomic E-state index is 0.0722. The number of alkyl halides is 2. The number of hydrogen-bond donors (Lipinski definition) is 2. The Morgan fingerprint density at radius 3 is 2.62 bits per heavy atom. The van der Waals surface area contributed by atoms with E-state index in [1.165, 1.54) is 5.39 Å². The summed E-state index contributed by atoms with van der Waals surface area (Å²) >= 11 is 0. The van der Waals surface area contributed by atoms with Crippen LogP contribution in [0.4, 0.5) is 8.78 Å². The van der Waals surface area contributed by atoms with Gasteiger partial charge in [-0.05, 0) is 30.4 Å². The van der Waals surface area contributed by atoms with Crippen LogP contribution < -0.4 is 0 Å². The molecule has 2 aromatic rings. The molecule has 0 amide bonds. The molecule has 1 aromatic carbocycles. The van der Waals surface area contributed by atoms with Crippen LogP contribution in [0.2, 0.25) is 0 Å². The number of nitrogens with zero attached hydrogens (tertiary/aromatic N) is 1. The maximum atomic E-state index is 12.7. The summed E-state index contributed by atoms with van der Waals surface area (Å²) < 4.78 is 25.3. The van der Waals surface area contributed by atoms with Gasteiger partial charge in [0, 0.05) is 36.3 Å². The van der Waals surface area contributed by atoms with E-state index < -0.39 is 12.0 Å². The van der Waals surface area contributed by atoms with Gasteiger partial charge >= 0.3 is 0 Å². The number of aliphatic hydroxyl groups is 1. The number of hydrogen-bond acceptors (Lipinski definition) is 2. The molecule has 21 heavy (non-hydrogen) atoms. The summed E-state index contributed by atoms with van der Waals surface area (Å²) in [7, 11) is 0. The van der Waals surface area contributed by atoms with Crippen LogP contribution >= 0.6 is 0 Å². The van der Waals surface area contributed by atoms with Gasteiger partial charge in [-0.1, -0.05) is 18.2 Å². The number of aromatic amines is 1. The van der Waals surface area contributed by atoms with Crippen LogP contribution in [-0.4, -0.2) is 40.1 Å². The largest absolute Gasteiger partial charge is 0.384 e. The van der Waals surface area contributed by atoms with Crippen molar-refractivity contribution in [3.8, 4) is 0 Å². The molecule has 112 valence electrons. The molecule has 2 heterocycles. The smallest absolute Gasteiger partial charge is 0.266 e. The Morgan fingerprint density at radius 1 is 1.24 bits per heavy atom. The number of nitrogens with one attached hydrogen (secondary N) is 1. The predicted molar refractivity (Wildman–Crippen MR) is 76.2 cm³/mol. The summed E-state index contributed by atoms with van der Waals surface area (Å²) in [5.74, 6) is 0. The second-order valence-electron chi connectivity index (χ2n) is 6.78. The zero-order valence-electron chi connectivity index (χ0n) is 11.6. The molecule has 0 radical (unpaired) electrons. The van der Waals surface area contributed by atoms with Crippen LogP contribution in [0.5, 0.6) is 0 Å². The van der Waals surface area contributed by atoms with E-state index in [4.69, 9.17) is 0 Å². The number of halogens is 2. The molecule has 2 fully saturated rings. The third-order valence-corrected chi connectivity index (χ3v) is 4.87. The van der Waals surface area contributed by atoms with Gasteiger partial charge in [0.15, 0.2) is 0 Å². The third kappa shape index (κ3) is 2.07. The lowest BCUT2D eigenvalue weighted by molar-refractivity contribution is -0.241. The molecular weight excluding hydrogens is 274 g/mol. The minimum atomic E-state index is -2.62. The van der Waals surface area contributed by atoms with Crippen LogP contribution in [-0.2, 0) is 6.54 Å². The van der Waals surface area contributed by atoms with Crippen LogP contribution in [0.25, 0.3) is 10.9 Å². The van der Waals surface area contributed by atoms with Crippen LogP contribution in [0.3, 0.4) is 0 Å². The highest BCUT2D eigenvalue weighted by molar-refractivity contribution is 5.80. The summed E-state index contributed by atoms with van der Waals surface area (Å²) in [4.78, 5) is 5.63. The summed E-state index contributed by atoms with van der Waals surface area (Å²) in [5.41, 5.74) is 0.470. The van der Waals surface area contributed by atoms with E-state index in [1.807, 2.05) is 18.2 Å². The first-order valence-corrected chi connectivity index (χ1v) is 7.28. The van der Waals surface area contributed by atoms with Crippen LogP contribution in [0, 0.1) is 5.41 Å². The number of aromatic nitrogens is 1. The Balaban J connectivity index is 1.37. The van der Waals surface area contributed by atoms with E-state index in [0.717, 1.165) is 30.8 Å². The second-order valence-corrected chi connectivity index (χ2v) is 6.78. The number of benzene rings is 1. The molecule has 0 atom stereocenters. The molecule has 1 aromatic heterocycles. The highest BCUT2D eigenvalue weighted by atomic mass is 19.3. The minimum Gasteiger partial charge on any atom is -0.384 e. The highest BCUT2D eigenvalue weighted by Gasteiger charge is 2.62. The Bertz CT molecular complexity index is 635. The Kier molecular flexibility index (Phi) is 2.69. The van der Waals surface area contributed by atoms with Crippen molar-refractivity contribution in [2.75, 3.05) is 13.1 Å². The number of likely N-dealkylation sites (tertiary alicyclic amines) is 1. The van der Waals surface area contributed by atoms with Crippen molar-refractivity contribution in [3.63, 3.8) is 0 Å². The normalized spacial score (nSPS) is 23.4.